The normalized spacial score (nSPS) is 13.3. The first-order chi connectivity index (χ1) is 8.86. The highest BCUT2D eigenvalue weighted by Gasteiger charge is 2.33. The van der Waals surface area contributed by atoms with Crippen LogP contribution >= 0.6 is 11.3 Å². The highest BCUT2D eigenvalue weighted by atomic mass is 32.1. The highest BCUT2D eigenvalue weighted by molar-refractivity contribution is 7.07. The fraction of sp³-hybridized carbons (Fsp3) is 0.273. The van der Waals surface area contributed by atoms with Crippen molar-refractivity contribution in [1.82, 2.24) is 9.97 Å². The molecule has 0 spiro atoms. The van der Waals surface area contributed by atoms with Crippen molar-refractivity contribution in [3.8, 4) is 0 Å². The third-order valence-corrected chi connectivity index (χ3v) is 3.14. The Kier molecular flexibility index (Phi) is 3.61. The number of aromatic nitrogens is 2. The summed E-state index contributed by atoms with van der Waals surface area (Å²) in [5.41, 5.74) is 5.20. The van der Waals surface area contributed by atoms with Gasteiger partial charge in [-0.25, -0.2) is 4.98 Å². The van der Waals surface area contributed by atoms with E-state index in [1.54, 1.807) is 0 Å². The molecular formula is C11H11F3N4S. The van der Waals surface area contributed by atoms with Crippen molar-refractivity contribution in [1.29, 1.82) is 0 Å². The van der Waals surface area contributed by atoms with Crippen molar-refractivity contribution >= 4 is 23.1 Å². The van der Waals surface area contributed by atoms with E-state index in [1.165, 1.54) is 11.3 Å². The number of alkyl halides is 3. The average Bonchev–Trinajstić information content (AvgIpc) is 2.80. The van der Waals surface area contributed by atoms with Crippen molar-refractivity contribution in [2.24, 2.45) is 0 Å². The van der Waals surface area contributed by atoms with Gasteiger partial charge >= 0.3 is 6.18 Å². The Morgan fingerprint density at radius 1 is 1.37 bits per heavy atom. The summed E-state index contributed by atoms with van der Waals surface area (Å²) in [6.07, 6.45) is -4.54. The predicted octanol–water partition coefficient (Wildman–Crippen LogP) is 3.31. The quantitative estimate of drug-likeness (QED) is 0.909. The van der Waals surface area contributed by atoms with Gasteiger partial charge in [-0.1, -0.05) is 0 Å². The number of rotatable bonds is 3. The number of thiophene rings is 1. The number of nitrogen functional groups attached to an aromatic ring is 1. The monoisotopic (exact) mass is 288 g/mol. The molecule has 3 N–H and O–H groups in total. The van der Waals surface area contributed by atoms with E-state index in [-0.39, 0.29) is 11.9 Å². The summed E-state index contributed by atoms with van der Waals surface area (Å²) in [4.78, 5) is 6.94. The van der Waals surface area contributed by atoms with E-state index in [9.17, 15) is 13.2 Å². The zero-order valence-corrected chi connectivity index (χ0v) is 10.7. The zero-order chi connectivity index (χ0) is 14.0. The van der Waals surface area contributed by atoms with Crippen LogP contribution in [-0.2, 0) is 6.18 Å². The highest BCUT2D eigenvalue weighted by Crippen LogP contribution is 2.30. The Morgan fingerprint density at radius 2 is 2.11 bits per heavy atom. The Morgan fingerprint density at radius 3 is 2.68 bits per heavy atom. The molecule has 0 radical (unpaired) electrons. The molecule has 0 aromatic carbocycles. The van der Waals surface area contributed by atoms with Crippen molar-refractivity contribution in [2.45, 2.75) is 19.1 Å². The van der Waals surface area contributed by atoms with Crippen LogP contribution in [0.1, 0.15) is 24.2 Å². The molecule has 2 heterocycles. The minimum Gasteiger partial charge on any atom is -0.368 e. The van der Waals surface area contributed by atoms with Gasteiger partial charge in [-0.2, -0.15) is 29.5 Å². The van der Waals surface area contributed by atoms with Gasteiger partial charge in [0.15, 0.2) is 5.69 Å². The lowest BCUT2D eigenvalue weighted by atomic mass is 10.2. The van der Waals surface area contributed by atoms with Gasteiger partial charge in [0.1, 0.15) is 5.82 Å². The van der Waals surface area contributed by atoms with Crippen LogP contribution in [0.25, 0.3) is 0 Å². The van der Waals surface area contributed by atoms with Crippen LogP contribution in [0.2, 0.25) is 0 Å². The van der Waals surface area contributed by atoms with Crippen LogP contribution < -0.4 is 11.1 Å². The molecule has 0 amide bonds. The van der Waals surface area contributed by atoms with Gasteiger partial charge in [0.2, 0.25) is 5.95 Å². The fourth-order valence-corrected chi connectivity index (χ4v) is 2.27. The van der Waals surface area contributed by atoms with Crippen LogP contribution in [0.5, 0.6) is 0 Å². The average molecular weight is 288 g/mol. The smallest absolute Gasteiger partial charge is 0.368 e. The van der Waals surface area contributed by atoms with Gasteiger partial charge < -0.3 is 11.1 Å². The Hall–Kier alpha value is -1.83. The topological polar surface area (TPSA) is 63.8 Å². The number of nitrogens with zero attached hydrogens (tertiary/aromatic N) is 2. The summed E-state index contributed by atoms with van der Waals surface area (Å²) in [6.45, 7) is 1.83. The summed E-state index contributed by atoms with van der Waals surface area (Å²) >= 11 is 1.51. The molecule has 0 saturated carbocycles. The van der Waals surface area contributed by atoms with E-state index in [4.69, 9.17) is 5.73 Å². The number of nitrogens with two attached hydrogens (primary N) is 1. The maximum Gasteiger partial charge on any atom is 0.433 e. The van der Waals surface area contributed by atoms with E-state index in [1.807, 2.05) is 23.8 Å². The van der Waals surface area contributed by atoms with Gasteiger partial charge in [0.25, 0.3) is 0 Å². The number of halogens is 3. The Bertz CT molecular complexity index is 554. The standard InChI is InChI=1S/C11H11F3N4S/c1-6(7-2-3-19-5-7)16-9-4-8(11(12,13)14)17-10(15)18-9/h2-6H,1H3,(H3,15,16,17,18). The van der Waals surface area contributed by atoms with Crippen LogP contribution in [0.15, 0.2) is 22.9 Å². The molecule has 19 heavy (non-hydrogen) atoms. The second-order valence-electron chi connectivity index (χ2n) is 3.92. The minimum atomic E-state index is -4.54. The second-order valence-corrected chi connectivity index (χ2v) is 4.70. The third kappa shape index (κ3) is 3.34. The first-order valence-electron chi connectivity index (χ1n) is 5.36. The number of nitrogens with one attached hydrogen (secondary N) is 1. The third-order valence-electron chi connectivity index (χ3n) is 2.44. The summed E-state index contributed by atoms with van der Waals surface area (Å²) < 4.78 is 37.8. The zero-order valence-electron chi connectivity index (χ0n) is 9.90. The Labute approximate surface area is 111 Å². The maximum absolute atomic E-state index is 12.6. The molecule has 0 aliphatic rings. The molecule has 4 nitrogen and oxygen atoms in total. The molecule has 1 atom stereocenters. The van der Waals surface area contributed by atoms with Gasteiger partial charge in [-0.3, -0.25) is 0 Å². The molecule has 2 aromatic rings. The molecule has 102 valence electrons. The van der Waals surface area contributed by atoms with Gasteiger partial charge in [-0.15, -0.1) is 0 Å². The summed E-state index contributed by atoms with van der Waals surface area (Å²) in [5, 5.41) is 6.67. The Balaban J connectivity index is 2.23. The molecule has 0 aliphatic heterocycles. The van der Waals surface area contributed by atoms with Crippen LogP contribution in [0, 0.1) is 0 Å². The molecule has 2 rings (SSSR count). The largest absolute Gasteiger partial charge is 0.433 e. The molecule has 0 aliphatic carbocycles. The maximum atomic E-state index is 12.6. The van der Waals surface area contributed by atoms with Gasteiger partial charge in [-0.05, 0) is 29.3 Å². The molecule has 2 aromatic heterocycles. The van der Waals surface area contributed by atoms with Gasteiger partial charge in [0.05, 0.1) is 6.04 Å². The van der Waals surface area contributed by atoms with E-state index in [2.05, 4.69) is 15.3 Å². The molecule has 1 unspecified atom stereocenters. The lowest BCUT2D eigenvalue weighted by Gasteiger charge is -2.15. The van der Waals surface area contributed by atoms with Crippen molar-refractivity contribution in [2.75, 3.05) is 11.1 Å². The van der Waals surface area contributed by atoms with E-state index in [0.29, 0.717) is 0 Å². The second kappa shape index (κ2) is 5.04. The van der Waals surface area contributed by atoms with Crippen molar-refractivity contribution in [3.05, 3.63) is 34.2 Å². The summed E-state index contributed by atoms with van der Waals surface area (Å²) in [7, 11) is 0. The van der Waals surface area contributed by atoms with Crippen LogP contribution in [0.4, 0.5) is 24.9 Å². The van der Waals surface area contributed by atoms with Crippen LogP contribution in [-0.4, -0.2) is 9.97 Å². The predicted molar refractivity (Wildman–Crippen MR) is 67.8 cm³/mol. The first-order valence-corrected chi connectivity index (χ1v) is 6.31. The van der Waals surface area contributed by atoms with E-state index < -0.39 is 17.8 Å². The molecule has 0 saturated heterocycles. The van der Waals surface area contributed by atoms with Crippen molar-refractivity contribution < 1.29 is 13.2 Å². The molecular weight excluding hydrogens is 277 g/mol. The number of hydrogen-bond acceptors (Lipinski definition) is 5. The van der Waals surface area contributed by atoms with Crippen molar-refractivity contribution in [3.63, 3.8) is 0 Å². The van der Waals surface area contributed by atoms with Gasteiger partial charge in [0, 0.05) is 6.07 Å². The molecule has 0 fully saturated rings. The summed E-state index contributed by atoms with van der Waals surface area (Å²) in [5.74, 6) is -0.353. The lowest BCUT2D eigenvalue weighted by Crippen LogP contribution is -2.14. The minimum absolute atomic E-state index is 0.0542. The number of anilines is 2. The fourth-order valence-electron chi connectivity index (χ4n) is 1.51. The lowest BCUT2D eigenvalue weighted by molar-refractivity contribution is -0.141. The SMILES string of the molecule is CC(Nc1cc(C(F)(F)F)nc(N)n1)c1ccsc1. The summed E-state index contributed by atoms with van der Waals surface area (Å²) in [6, 6.07) is 2.57. The molecule has 8 heteroatoms. The van der Waals surface area contributed by atoms with E-state index in [0.717, 1.165) is 11.6 Å². The van der Waals surface area contributed by atoms with E-state index >= 15 is 0 Å². The first kappa shape index (κ1) is 13.6. The number of hydrogen-bond donors (Lipinski definition) is 2. The van der Waals surface area contributed by atoms with Crippen LogP contribution in [0.3, 0.4) is 0 Å². The molecule has 0 bridgehead atoms.